The molecule has 2 aromatic carbocycles. The minimum absolute atomic E-state index is 0.0119. The molecule has 6 heteroatoms. The summed E-state index contributed by atoms with van der Waals surface area (Å²) in [6.07, 6.45) is 0. The van der Waals surface area contributed by atoms with E-state index in [0.29, 0.717) is 0 Å². The van der Waals surface area contributed by atoms with E-state index < -0.39 is 0 Å². The van der Waals surface area contributed by atoms with E-state index in [-0.39, 0.29) is 31.3 Å². The molecule has 0 radical (unpaired) electrons. The van der Waals surface area contributed by atoms with Crippen LogP contribution in [0.3, 0.4) is 0 Å². The van der Waals surface area contributed by atoms with Gasteiger partial charge < -0.3 is 14.8 Å². The van der Waals surface area contributed by atoms with Crippen LogP contribution in [0.2, 0.25) is 0 Å². The predicted octanol–water partition coefficient (Wildman–Crippen LogP) is 4.34. The molecule has 1 aromatic heterocycles. The minimum atomic E-state index is -0.127. The lowest BCUT2D eigenvalue weighted by molar-refractivity contribution is -0.121. The summed E-state index contributed by atoms with van der Waals surface area (Å²) in [5, 5.41) is 8.52. The van der Waals surface area contributed by atoms with Crippen molar-refractivity contribution < 1.29 is 14.3 Å². The van der Waals surface area contributed by atoms with Crippen LogP contribution in [0.25, 0.3) is 0 Å². The Morgan fingerprint density at radius 2 is 1.83 bits per heavy atom. The molecule has 3 aromatic rings. The van der Waals surface area contributed by atoms with Gasteiger partial charge in [0.25, 0.3) is 0 Å². The highest BCUT2D eigenvalue weighted by atomic mass is 32.1. The van der Waals surface area contributed by atoms with Crippen LogP contribution in [0.4, 0.5) is 0 Å². The highest BCUT2D eigenvalue weighted by Gasteiger charge is 2.19. The van der Waals surface area contributed by atoms with E-state index in [1.165, 1.54) is 10.4 Å². The Labute approximate surface area is 174 Å². The smallest absolute Gasteiger partial charge is 0.234 e. The largest absolute Gasteiger partial charge is 0.454 e. The van der Waals surface area contributed by atoms with Gasteiger partial charge in [0.05, 0.1) is 18.6 Å². The monoisotopic (exact) mass is 408 g/mol. The van der Waals surface area contributed by atoms with Crippen LogP contribution >= 0.6 is 11.3 Å². The van der Waals surface area contributed by atoms with Gasteiger partial charge in [0, 0.05) is 4.88 Å². The number of hydrogen-bond donors (Lipinski definition) is 2. The summed E-state index contributed by atoms with van der Waals surface area (Å²) >= 11 is 1.68. The maximum Gasteiger partial charge on any atom is 0.234 e. The summed E-state index contributed by atoms with van der Waals surface area (Å²) in [5.74, 6) is 1.41. The molecule has 1 aliphatic heterocycles. The van der Waals surface area contributed by atoms with Gasteiger partial charge in [-0.05, 0) is 48.6 Å². The number of carbonyl (C=O) groups is 1. The summed E-state index contributed by atoms with van der Waals surface area (Å²) < 4.78 is 10.8. The van der Waals surface area contributed by atoms with Crippen molar-refractivity contribution in [3.8, 4) is 11.5 Å². The molecule has 0 saturated carbocycles. The lowest BCUT2D eigenvalue weighted by Crippen LogP contribution is -2.37. The molecule has 5 nitrogen and oxygen atoms in total. The highest BCUT2D eigenvalue weighted by molar-refractivity contribution is 7.10. The van der Waals surface area contributed by atoms with Gasteiger partial charge in [0.1, 0.15) is 0 Å². The summed E-state index contributed by atoms with van der Waals surface area (Å²) in [7, 11) is 0. The molecule has 0 bridgehead atoms. The molecule has 1 amide bonds. The molecule has 0 aliphatic carbocycles. The molecular formula is C23H24N2O3S. The zero-order valence-electron chi connectivity index (χ0n) is 16.5. The number of rotatable bonds is 7. The Hall–Kier alpha value is -2.83. The Balaban J connectivity index is 1.39. The topological polar surface area (TPSA) is 59.6 Å². The molecule has 0 saturated heterocycles. The fourth-order valence-electron chi connectivity index (χ4n) is 3.35. The first kappa shape index (κ1) is 19.5. The zero-order chi connectivity index (χ0) is 20.2. The van der Waals surface area contributed by atoms with Crippen LogP contribution in [0, 0.1) is 6.92 Å². The van der Waals surface area contributed by atoms with Crippen molar-refractivity contribution in [3.63, 3.8) is 0 Å². The van der Waals surface area contributed by atoms with Crippen LogP contribution in [-0.4, -0.2) is 19.2 Å². The zero-order valence-corrected chi connectivity index (χ0v) is 17.3. The molecule has 1 aliphatic rings. The highest BCUT2D eigenvalue weighted by Crippen LogP contribution is 2.34. The molecule has 2 heterocycles. The normalized spacial score (nSPS) is 14.4. The van der Waals surface area contributed by atoms with E-state index in [0.717, 1.165) is 22.6 Å². The van der Waals surface area contributed by atoms with Gasteiger partial charge in [0.2, 0.25) is 12.7 Å². The summed E-state index contributed by atoms with van der Waals surface area (Å²) in [6, 6.07) is 18.1. The first-order valence-corrected chi connectivity index (χ1v) is 10.5. The van der Waals surface area contributed by atoms with E-state index in [2.05, 4.69) is 53.3 Å². The summed E-state index contributed by atoms with van der Waals surface area (Å²) in [6.45, 7) is 4.51. The van der Waals surface area contributed by atoms with Crippen LogP contribution < -0.4 is 20.1 Å². The number of hydrogen-bond acceptors (Lipinski definition) is 5. The molecular weight excluding hydrogens is 384 g/mol. The third-order valence-electron chi connectivity index (χ3n) is 4.98. The predicted molar refractivity (Wildman–Crippen MR) is 114 cm³/mol. The summed E-state index contributed by atoms with van der Waals surface area (Å²) in [4.78, 5) is 13.8. The third kappa shape index (κ3) is 4.60. The fraction of sp³-hybridized carbons (Fsp3) is 0.261. The number of carbonyl (C=O) groups excluding carboxylic acids is 1. The maximum atomic E-state index is 12.6. The standard InChI is InChI=1S/C23H24N2O3S/c1-15-5-7-17(8-6-15)23(21-4-3-11-29-21)24-13-22(26)25-16(2)18-9-10-19-20(12-18)28-14-27-19/h3-12,16,23-24H,13-14H2,1-2H3,(H,25,26)/t16-,23-/m0/s1. The van der Waals surface area contributed by atoms with E-state index in [9.17, 15) is 4.79 Å². The minimum Gasteiger partial charge on any atom is -0.454 e. The first-order valence-electron chi connectivity index (χ1n) is 9.62. The van der Waals surface area contributed by atoms with Crippen molar-refractivity contribution in [1.29, 1.82) is 0 Å². The van der Waals surface area contributed by atoms with Gasteiger partial charge >= 0.3 is 0 Å². The Kier molecular flexibility index (Phi) is 5.83. The average Bonchev–Trinajstić information content (AvgIpc) is 3.40. The second-order valence-electron chi connectivity index (χ2n) is 7.14. The summed E-state index contributed by atoms with van der Waals surface area (Å²) in [5.41, 5.74) is 3.35. The van der Waals surface area contributed by atoms with Gasteiger partial charge in [-0.25, -0.2) is 0 Å². The maximum absolute atomic E-state index is 12.6. The lowest BCUT2D eigenvalue weighted by Gasteiger charge is -2.20. The van der Waals surface area contributed by atoms with E-state index in [4.69, 9.17) is 9.47 Å². The Bertz CT molecular complexity index is 970. The average molecular weight is 409 g/mol. The van der Waals surface area contributed by atoms with E-state index in [1.807, 2.05) is 31.2 Å². The molecule has 150 valence electrons. The number of nitrogens with one attached hydrogen (secondary N) is 2. The van der Waals surface area contributed by atoms with Crippen LogP contribution in [0.15, 0.2) is 60.0 Å². The van der Waals surface area contributed by atoms with Crippen molar-refractivity contribution >= 4 is 17.2 Å². The SMILES string of the molecule is Cc1ccc([C@H](NCC(=O)N[C@@H](C)c2ccc3c(c2)OCO3)c2cccs2)cc1. The molecule has 2 atom stereocenters. The van der Waals surface area contributed by atoms with E-state index in [1.54, 1.807) is 11.3 Å². The second kappa shape index (κ2) is 8.68. The number of amides is 1. The molecule has 4 rings (SSSR count). The van der Waals surface area contributed by atoms with Crippen molar-refractivity contribution in [2.24, 2.45) is 0 Å². The number of fused-ring (bicyclic) bond motifs is 1. The number of thiophene rings is 1. The molecule has 0 fully saturated rings. The van der Waals surface area contributed by atoms with Crippen molar-refractivity contribution in [1.82, 2.24) is 10.6 Å². The molecule has 0 spiro atoms. The van der Waals surface area contributed by atoms with Crippen LogP contribution in [0.5, 0.6) is 11.5 Å². The Morgan fingerprint density at radius 1 is 1.07 bits per heavy atom. The van der Waals surface area contributed by atoms with E-state index >= 15 is 0 Å². The number of ether oxygens (including phenoxy) is 2. The number of aryl methyl sites for hydroxylation is 1. The van der Waals surface area contributed by atoms with Gasteiger partial charge in [-0.15, -0.1) is 11.3 Å². The second-order valence-corrected chi connectivity index (χ2v) is 8.12. The third-order valence-corrected chi connectivity index (χ3v) is 5.92. The van der Waals surface area contributed by atoms with Crippen molar-refractivity contribution in [3.05, 3.63) is 81.5 Å². The quantitative estimate of drug-likeness (QED) is 0.611. The van der Waals surface area contributed by atoms with Crippen molar-refractivity contribution in [2.45, 2.75) is 25.9 Å². The van der Waals surface area contributed by atoms with Crippen LogP contribution in [-0.2, 0) is 4.79 Å². The molecule has 0 unspecified atom stereocenters. The van der Waals surface area contributed by atoms with Gasteiger partial charge in [-0.3, -0.25) is 10.1 Å². The molecule has 2 N–H and O–H groups in total. The van der Waals surface area contributed by atoms with Gasteiger partial charge in [-0.2, -0.15) is 0 Å². The van der Waals surface area contributed by atoms with Crippen molar-refractivity contribution in [2.75, 3.05) is 13.3 Å². The fourth-order valence-corrected chi connectivity index (χ4v) is 4.18. The number of benzene rings is 2. The molecule has 29 heavy (non-hydrogen) atoms. The first-order chi connectivity index (χ1) is 14.1. The lowest BCUT2D eigenvalue weighted by atomic mass is 10.0. The van der Waals surface area contributed by atoms with Crippen LogP contribution in [0.1, 0.15) is 40.6 Å². The van der Waals surface area contributed by atoms with Gasteiger partial charge in [0.15, 0.2) is 11.5 Å². The Morgan fingerprint density at radius 3 is 2.59 bits per heavy atom. The van der Waals surface area contributed by atoms with Gasteiger partial charge in [-0.1, -0.05) is 42.0 Å².